The van der Waals surface area contributed by atoms with Crippen LogP contribution in [0.1, 0.15) is 0 Å². The van der Waals surface area contributed by atoms with Gasteiger partial charge in [0.25, 0.3) is 0 Å². The molecule has 0 atom stereocenters. The van der Waals surface area contributed by atoms with E-state index in [4.69, 9.17) is 11.8 Å². The molecule has 5 heavy (non-hydrogen) atoms. The summed E-state index contributed by atoms with van der Waals surface area (Å²) in [7, 11) is 0. The van der Waals surface area contributed by atoms with Crippen LogP contribution < -0.4 is 4.72 Å². The van der Waals surface area contributed by atoms with Crippen molar-refractivity contribution in [2.24, 2.45) is 4.72 Å². The van der Waals surface area contributed by atoms with Crippen molar-refractivity contribution in [3.05, 3.63) is 0 Å². The summed E-state index contributed by atoms with van der Waals surface area (Å²) in [5.41, 5.74) is 0. The van der Waals surface area contributed by atoms with E-state index in [9.17, 15) is 0 Å². The Hall–Kier alpha value is 0.0525. The van der Waals surface area contributed by atoms with Gasteiger partial charge in [-0.25, -0.2) is 0 Å². The zero-order valence-electron chi connectivity index (χ0n) is 2.25. The average Bonchev–Trinajstić information content (AvgIpc) is 0.722. The van der Waals surface area contributed by atoms with Crippen LogP contribution in [0.4, 0.5) is 0 Å². The van der Waals surface area contributed by atoms with E-state index in [1.54, 1.807) is 0 Å². The Balaban J connectivity index is 4.06. The molecule has 0 fully saturated rings. The first-order chi connectivity index (χ1) is 2.00. The van der Waals surface area contributed by atoms with Crippen molar-refractivity contribution >= 4 is 0 Å². The quantitative estimate of drug-likeness (QED) is 0.409. The Labute approximate surface area is 30.9 Å². The van der Waals surface area contributed by atoms with Gasteiger partial charge in [0.05, 0.1) is 0 Å². The molecule has 32 valence electrons. The van der Waals surface area contributed by atoms with E-state index in [2.05, 4.69) is 4.72 Å². The van der Waals surface area contributed by atoms with Gasteiger partial charge in [-0.3, -0.25) is 0 Å². The fourth-order valence-electron chi connectivity index (χ4n) is 0. The summed E-state index contributed by atoms with van der Waals surface area (Å²) < 4.78 is 29.4. The third kappa shape index (κ3) is 6200. The van der Waals surface area contributed by atoms with Gasteiger partial charge in [-0.05, 0) is 0 Å². The topological polar surface area (TPSA) is 80.4 Å². The molecule has 0 heterocycles. The molecular formula is H3CrNO3. The molecule has 0 aliphatic heterocycles. The Morgan fingerprint density at radius 2 is 1.60 bits per heavy atom. The van der Waals surface area contributed by atoms with E-state index in [1.165, 1.54) is 0 Å². The normalized spacial score (nSPS) is 11.6. The second-order valence-corrected chi connectivity index (χ2v) is 2.12. The fourth-order valence-corrected chi connectivity index (χ4v) is 0. The van der Waals surface area contributed by atoms with Gasteiger partial charge in [0, 0.05) is 0 Å². The molecule has 0 aromatic carbocycles. The van der Waals surface area contributed by atoms with Gasteiger partial charge in [0.2, 0.25) is 0 Å². The maximum atomic E-state index is 9.04. The minimum atomic E-state index is -4.75. The van der Waals surface area contributed by atoms with Crippen molar-refractivity contribution in [2.75, 3.05) is 0 Å². The van der Waals surface area contributed by atoms with Crippen LogP contribution in [0.15, 0.2) is 0 Å². The Morgan fingerprint density at radius 3 is 1.60 bits per heavy atom. The summed E-state index contributed by atoms with van der Waals surface area (Å²) in [4.78, 5) is 0. The second-order valence-electron chi connectivity index (χ2n) is 0.515. The van der Waals surface area contributed by atoms with E-state index in [0.717, 1.165) is 0 Å². The van der Waals surface area contributed by atoms with Crippen LogP contribution in [-0.2, 0) is 21.1 Å². The molecule has 0 aliphatic rings. The maximum absolute atomic E-state index is 9.04. The molecule has 4 nitrogen and oxygen atoms in total. The molecule has 0 amide bonds. The van der Waals surface area contributed by atoms with Gasteiger partial charge in [-0.2, -0.15) is 0 Å². The predicted molar refractivity (Wildman–Crippen MR) is 7.78 cm³/mol. The van der Waals surface area contributed by atoms with Gasteiger partial charge in [-0.1, -0.05) is 0 Å². The van der Waals surface area contributed by atoms with Crippen molar-refractivity contribution in [1.29, 1.82) is 0 Å². The minimum absolute atomic E-state index is 3.95. The van der Waals surface area contributed by atoms with E-state index < -0.39 is 13.5 Å². The molecule has 0 saturated heterocycles. The Kier molecular flexibility index (Phi) is 1.04. The van der Waals surface area contributed by atoms with Crippen molar-refractivity contribution in [1.82, 2.24) is 0 Å². The number of rotatable bonds is 0. The van der Waals surface area contributed by atoms with Crippen LogP contribution in [0.2, 0.25) is 0 Å². The van der Waals surface area contributed by atoms with E-state index >= 15 is 0 Å². The predicted octanol–water partition coefficient (Wildman–Crippen LogP) is -1.39. The summed E-state index contributed by atoms with van der Waals surface area (Å²) in [6, 6.07) is 0. The van der Waals surface area contributed by atoms with Crippen LogP contribution in [0, 0.1) is 0 Å². The summed E-state index contributed by atoms with van der Waals surface area (Å²) in [5.74, 6) is 0. The van der Waals surface area contributed by atoms with E-state index in [-0.39, 0.29) is 0 Å². The third-order valence-corrected chi connectivity index (χ3v) is 0. The molecule has 0 rings (SSSR count). The number of nitrogens with two attached hydrogens (primary N) is 1. The van der Waals surface area contributed by atoms with E-state index in [0.29, 0.717) is 0 Å². The average molecular weight is 117 g/mol. The van der Waals surface area contributed by atoms with Crippen molar-refractivity contribution < 1.29 is 25.3 Å². The van der Waals surface area contributed by atoms with Gasteiger partial charge in [-0.15, -0.1) is 0 Å². The molecule has 0 unspecified atom stereocenters. The van der Waals surface area contributed by atoms with Crippen LogP contribution in [-0.4, -0.2) is 4.16 Å². The molecule has 0 saturated carbocycles. The number of hydrogen-bond donors (Lipinski definition) is 2. The summed E-state index contributed by atoms with van der Waals surface area (Å²) in [6.45, 7) is 0. The molecule has 0 aliphatic carbocycles. The molecule has 0 spiro atoms. The molecule has 0 aromatic rings. The van der Waals surface area contributed by atoms with Crippen LogP contribution in [0.3, 0.4) is 0 Å². The second kappa shape index (κ2) is 1.03. The SMILES string of the molecule is [NH2][Cr](=[O])(=[O])[OH]. The number of hydrogen-bond acceptors (Lipinski definition) is 2. The van der Waals surface area contributed by atoms with Crippen LogP contribution >= 0.6 is 0 Å². The van der Waals surface area contributed by atoms with Crippen molar-refractivity contribution in [2.45, 2.75) is 0 Å². The standard InChI is InChI=1S/Cr.H2N.H2O.2O/h;2*1H2;;/q+2;-1;;;/p-1. The third-order valence-electron chi connectivity index (χ3n) is 0. The van der Waals surface area contributed by atoms with Gasteiger partial charge < -0.3 is 0 Å². The van der Waals surface area contributed by atoms with Gasteiger partial charge >= 0.3 is 30.0 Å². The summed E-state index contributed by atoms with van der Waals surface area (Å²) >= 11 is -4.75. The first-order valence-electron chi connectivity index (χ1n) is 0.752. The molecule has 0 aromatic heterocycles. The Bertz CT molecular complexity index is 90.1. The molecular weight excluding hydrogens is 114 g/mol. The van der Waals surface area contributed by atoms with Crippen LogP contribution in [0.25, 0.3) is 0 Å². The zero-order valence-corrected chi connectivity index (χ0v) is 3.52. The molecule has 3 N–H and O–H groups in total. The van der Waals surface area contributed by atoms with Crippen LogP contribution in [0.5, 0.6) is 0 Å². The van der Waals surface area contributed by atoms with E-state index in [1.807, 2.05) is 0 Å². The zero-order chi connectivity index (χ0) is 4.50. The van der Waals surface area contributed by atoms with Gasteiger partial charge in [0.1, 0.15) is 0 Å². The summed E-state index contributed by atoms with van der Waals surface area (Å²) in [5, 5.41) is 0. The Morgan fingerprint density at radius 1 is 1.60 bits per heavy atom. The molecule has 5 heteroatoms. The van der Waals surface area contributed by atoms with Gasteiger partial charge in [0.15, 0.2) is 0 Å². The first kappa shape index (κ1) is 5.05. The molecule has 0 bridgehead atoms. The molecule has 0 radical (unpaired) electrons. The first-order valence-corrected chi connectivity index (χ1v) is 3.10. The van der Waals surface area contributed by atoms with Crippen molar-refractivity contribution in [3.8, 4) is 0 Å². The monoisotopic (exact) mass is 117 g/mol. The fraction of sp³-hybridized carbons (Fsp3) is 0. The van der Waals surface area contributed by atoms with Crippen molar-refractivity contribution in [3.63, 3.8) is 0 Å². The summed E-state index contributed by atoms with van der Waals surface area (Å²) in [6.07, 6.45) is 0.